The smallest absolute Gasteiger partial charge is 0.311 e. The molecular weight excluding hydrogens is 748 g/mol. The Morgan fingerprint density at radius 1 is 0.741 bits per heavy atom. The third-order valence-corrected chi connectivity index (χ3v) is 16.4. The Morgan fingerprint density at radius 3 is 1.95 bits per heavy atom. The van der Waals surface area contributed by atoms with E-state index in [4.69, 9.17) is 33.2 Å². The lowest BCUT2D eigenvalue weighted by Gasteiger charge is -2.70. The number of methoxy groups -OCH3 is 1. The lowest BCUT2D eigenvalue weighted by atomic mass is 9.33. The zero-order valence-corrected chi connectivity index (χ0v) is 36.7. The minimum absolute atomic E-state index is 0.00980. The van der Waals surface area contributed by atoms with Crippen molar-refractivity contribution >= 4 is 35.6 Å². The van der Waals surface area contributed by atoms with Gasteiger partial charge in [-0.25, -0.2) is 0 Å². The zero-order chi connectivity index (χ0) is 43.0. The minimum Gasteiger partial charge on any atom is -0.469 e. The Labute approximate surface area is 343 Å². The van der Waals surface area contributed by atoms with Crippen molar-refractivity contribution < 1.29 is 61.9 Å². The predicted molar refractivity (Wildman–Crippen MR) is 208 cm³/mol. The van der Waals surface area contributed by atoms with Crippen molar-refractivity contribution in [1.82, 2.24) is 0 Å². The molecule has 4 saturated carbocycles. The van der Waals surface area contributed by atoms with Gasteiger partial charge >= 0.3 is 29.8 Å². The van der Waals surface area contributed by atoms with Crippen LogP contribution in [0.2, 0.25) is 0 Å². The first-order chi connectivity index (χ1) is 26.9. The van der Waals surface area contributed by atoms with Gasteiger partial charge in [-0.3, -0.25) is 28.8 Å². The largest absolute Gasteiger partial charge is 0.469 e. The van der Waals surface area contributed by atoms with E-state index in [0.717, 1.165) is 38.5 Å². The van der Waals surface area contributed by atoms with Gasteiger partial charge in [-0.2, -0.15) is 0 Å². The highest BCUT2D eigenvalue weighted by Gasteiger charge is 2.71. The van der Waals surface area contributed by atoms with Crippen LogP contribution in [0.5, 0.6) is 0 Å². The highest BCUT2D eigenvalue weighted by atomic mass is 16.7. The second kappa shape index (κ2) is 15.3. The molecule has 0 N–H and O–H groups in total. The number of esters is 5. The first-order valence-corrected chi connectivity index (χ1v) is 21.2. The molecule has 324 valence electrons. The van der Waals surface area contributed by atoms with Crippen molar-refractivity contribution in [3.63, 3.8) is 0 Å². The monoisotopic (exact) mass is 814 g/mol. The summed E-state index contributed by atoms with van der Waals surface area (Å²) in [5.41, 5.74) is -0.810. The Kier molecular flexibility index (Phi) is 11.7. The molecule has 58 heavy (non-hydrogen) atoms. The molecule has 5 fully saturated rings. The van der Waals surface area contributed by atoms with E-state index in [-0.39, 0.29) is 57.8 Å². The van der Waals surface area contributed by atoms with Crippen molar-refractivity contribution in [2.24, 2.45) is 50.2 Å². The van der Waals surface area contributed by atoms with E-state index in [1.54, 1.807) is 0 Å². The Hall–Kier alpha value is -3.32. The van der Waals surface area contributed by atoms with Crippen LogP contribution in [0.4, 0.5) is 0 Å². The number of hydrogen-bond acceptors (Lipinski definition) is 13. The molecule has 0 aromatic heterocycles. The van der Waals surface area contributed by atoms with E-state index >= 15 is 0 Å². The van der Waals surface area contributed by atoms with Crippen LogP contribution in [0.25, 0.3) is 0 Å². The number of carbonyl (C=O) groups excluding carboxylic acids is 6. The van der Waals surface area contributed by atoms with Crippen molar-refractivity contribution in [2.45, 2.75) is 171 Å². The van der Waals surface area contributed by atoms with Crippen LogP contribution < -0.4 is 0 Å². The SMILES string of the molecule is COC(=O)[C@@]1(C)CC[C@]2(C)CC[C@]3(C)C(=CC(=O)[C@@H]4[C@@]5(C)CC[C@H](O[C@@H]6O[C@H](COC(C)=O)[C@@H](OC(C)=O)[C@H](OC(C)=O)[C@H]6OC(C)=O)C(C)(C)[C@@H]5CC[C@]43C)[C@@H]2C1. The van der Waals surface area contributed by atoms with Gasteiger partial charge in [0.2, 0.25) is 0 Å². The topological polar surface area (TPSA) is 167 Å². The Morgan fingerprint density at radius 2 is 1.34 bits per heavy atom. The number of rotatable bonds is 8. The summed E-state index contributed by atoms with van der Waals surface area (Å²) in [5.74, 6) is -2.78. The molecule has 13 nitrogen and oxygen atoms in total. The van der Waals surface area contributed by atoms with Crippen LogP contribution in [0.3, 0.4) is 0 Å². The zero-order valence-electron chi connectivity index (χ0n) is 36.7. The van der Waals surface area contributed by atoms with Crippen molar-refractivity contribution in [3.8, 4) is 0 Å². The van der Waals surface area contributed by atoms with Crippen LogP contribution in [-0.4, -0.2) is 86.2 Å². The molecule has 1 heterocycles. The van der Waals surface area contributed by atoms with E-state index in [1.165, 1.54) is 40.4 Å². The third kappa shape index (κ3) is 7.21. The summed E-state index contributed by atoms with van der Waals surface area (Å²) >= 11 is 0. The van der Waals surface area contributed by atoms with Crippen molar-refractivity contribution in [3.05, 3.63) is 11.6 Å². The van der Waals surface area contributed by atoms with Gasteiger partial charge in [0.05, 0.1) is 18.6 Å². The third-order valence-electron chi connectivity index (χ3n) is 16.4. The molecule has 0 aromatic carbocycles. The minimum atomic E-state index is -1.33. The normalized spacial score (nSPS) is 44.1. The second-order valence-corrected chi connectivity index (χ2v) is 20.3. The predicted octanol–water partition coefficient (Wildman–Crippen LogP) is 6.61. The summed E-state index contributed by atoms with van der Waals surface area (Å²) in [7, 11) is 1.46. The van der Waals surface area contributed by atoms with Crippen molar-refractivity contribution in [1.29, 1.82) is 0 Å². The maximum Gasteiger partial charge on any atom is 0.311 e. The van der Waals surface area contributed by atoms with Gasteiger partial charge in [-0.15, -0.1) is 0 Å². The average molecular weight is 815 g/mol. The maximum absolute atomic E-state index is 15.0. The summed E-state index contributed by atoms with van der Waals surface area (Å²) in [6.45, 7) is 20.2. The average Bonchev–Trinajstić information content (AvgIpc) is 3.11. The quantitative estimate of drug-likeness (QED) is 0.146. The number of allylic oxidation sites excluding steroid dienone is 2. The lowest BCUT2D eigenvalue weighted by molar-refractivity contribution is -0.332. The number of ketones is 1. The summed E-state index contributed by atoms with van der Waals surface area (Å²) < 4.78 is 40.8. The highest BCUT2D eigenvalue weighted by molar-refractivity contribution is 5.95. The summed E-state index contributed by atoms with van der Waals surface area (Å²) in [5, 5.41) is 0. The van der Waals surface area contributed by atoms with E-state index in [1.807, 2.05) is 13.0 Å². The fourth-order valence-electron chi connectivity index (χ4n) is 13.3. The molecule has 0 spiro atoms. The van der Waals surface area contributed by atoms with E-state index < -0.39 is 71.5 Å². The van der Waals surface area contributed by atoms with Gasteiger partial charge in [-0.05, 0) is 110 Å². The fourth-order valence-corrected chi connectivity index (χ4v) is 13.3. The van der Waals surface area contributed by atoms with Crippen LogP contribution in [0, 0.1) is 50.2 Å². The van der Waals surface area contributed by atoms with E-state index in [9.17, 15) is 28.8 Å². The number of carbonyl (C=O) groups is 6. The lowest BCUT2D eigenvalue weighted by Crippen LogP contribution is -2.67. The summed E-state index contributed by atoms with van der Waals surface area (Å²) in [6.07, 6.45) is 2.54. The number of hydrogen-bond donors (Lipinski definition) is 0. The fraction of sp³-hybridized carbons (Fsp3) is 0.822. The number of ether oxygens (including phenoxy) is 7. The molecule has 5 aliphatic carbocycles. The van der Waals surface area contributed by atoms with Crippen molar-refractivity contribution in [2.75, 3.05) is 13.7 Å². The number of fused-ring (bicyclic) bond motifs is 7. The standard InChI is InChI=1S/C45H66O13/c1-24(46)53-23-31-34(54-25(2)47)35(55-26(3)48)36(56-27(4)49)38(57-31)58-33-14-15-43(9)32(40(33,5)6)13-16-45(11)37(43)30(50)21-28-29-22-42(8,39(51)52-12)18-17-41(29,7)19-20-44(28,45)10/h21,29,31-38H,13-20,22-23H2,1-12H3/t29-,31+,32-,33-,34+,35-,36+,37+,38-,41+,42-,43-,44+,45+/m0/s1. The maximum atomic E-state index is 15.0. The Bertz CT molecular complexity index is 1740. The molecule has 0 amide bonds. The molecule has 6 aliphatic rings. The van der Waals surface area contributed by atoms with Crippen LogP contribution in [0.15, 0.2) is 11.6 Å². The van der Waals surface area contributed by atoms with E-state index in [2.05, 4.69) is 41.5 Å². The van der Waals surface area contributed by atoms with Gasteiger partial charge in [0.1, 0.15) is 12.7 Å². The second-order valence-electron chi connectivity index (χ2n) is 20.3. The van der Waals surface area contributed by atoms with Crippen LogP contribution >= 0.6 is 0 Å². The molecule has 1 saturated heterocycles. The molecule has 6 rings (SSSR count). The highest BCUT2D eigenvalue weighted by Crippen LogP contribution is 2.75. The first-order valence-electron chi connectivity index (χ1n) is 21.2. The molecule has 0 aromatic rings. The first kappa shape index (κ1) is 44.2. The molecule has 0 radical (unpaired) electrons. The van der Waals surface area contributed by atoms with Gasteiger partial charge in [-0.1, -0.05) is 47.1 Å². The Balaban J connectivity index is 1.32. The van der Waals surface area contributed by atoms with E-state index in [0.29, 0.717) is 19.3 Å². The molecule has 14 atom stereocenters. The van der Waals surface area contributed by atoms with Gasteiger partial charge in [0.25, 0.3) is 0 Å². The molecule has 1 aliphatic heterocycles. The summed E-state index contributed by atoms with van der Waals surface area (Å²) in [6, 6.07) is 0. The summed E-state index contributed by atoms with van der Waals surface area (Å²) in [4.78, 5) is 77.3. The van der Waals surface area contributed by atoms with Crippen LogP contribution in [-0.2, 0) is 61.9 Å². The molecular formula is C45H66O13. The molecule has 0 bridgehead atoms. The van der Waals surface area contributed by atoms with Crippen LogP contribution in [0.1, 0.15) is 134 Å². The molecule has 13 heteroatoms. The van der Waals surface area contributed by atoms with Gasteiger partial charge in [0, 0.05) is 33.6 Å². The van der Waals surface area contributed by atoms with Gasteiger partial charge < -0.3 is 33.2 Å². The molecule has 0 unspecified atom stereocenters. The van der Waals surface area contributed by atoms with Gasteiger partial charge in [0.15, 0.2) is 30.4 Å².